The molecule has 3 aromatic rings. The van der Waals surface area contributed by atoms with Gasteiger partial charge in [0.15, 0.2) is 11.5 Å². The molecule has 3 aromatic carbocycles. The van der Waals surface area contributed by atoms with Crippen molar-refractivity contribution in [1.82, 2.24) is 4.90 Å². The van der Waals surface area contributed by atoms with Gasteiger partial charge in [-0.3, -0.25) is 9.10 Å². The zero-order chi connectivity index (χ0) is 28.4. The summed E-state index contributed by atoms with van der Waals surface area (Å²) in [4.78, 5) is 15.2. The van der Waals surface area contributed by atoms with Gasteiger partial charge in [0, 0.05) is 29.9 Å². The first-order chi connectivity index (χ1) is 19.1. The Bertz CT molecular complexity index is 1640. The second kappa shape index (κ2) is 10.9. The maximum atomic E-state index is 13.3. The van der Waals surface area contributed by atoms with E-state index in [2.05, 4.69) is 16.7 Å². The molecule has 0 saturated heterocycles. The largest absolute Gasteiger partial charge is 0.486 e. The molecule has 2 aliphatic rings. The van der Waals surface area contributed by atoms with Crippen molar-refractivity contribution >= 4 is 44.3 Å². The standard InChI is InChI=1S/C29H29N5O5S/c1-33(2)12-13-34(40(3,36)37)22-8-6-21(7-9-22)31-28(20-5-11-25-26(17-20)39-15-14-38-25)27-23-10-4-19(18-30)16-24(23)32-29(27)35/h4-11,16-17,31H,12-15H2,1-3H3,(H,32,35)/b28-27-. The molecule has 0 saturated carbocycles. The Hall–Kier alpha value is -4.53. The predicted octanol–water partition coefficient (Wildman–Crippen LogP) is 3.59. The van der Waals surface area contributed by atoms with Crippen molar-refractivity contribution in [2.75, 3.05) is 61.6 Å². The number of anilines is 3. The number of fused-ring (bicyclic) bond motifs is 2. The van der Waals surface area contributed by atoms with Crippen molar-refractivity contribution < 1.29 is 22.7 Å². The molecule has 40 heavy (non-hydrogen) atoms. The smallest absolute Gasteiger partial charge is 0.258 e. The van der Waals surface area contributed by atoms with Gasteiger partial charge < -0.3 is 25.0 Å². The molecule has 0 bridgehead atoms. The van der Waals surface area contributed by atoms with Crippen LogP contribution in [0.4, 0.5) is 17.1 Å². The number of likely N-dealkylation sites (N-methyl/N-ethyl adjacent to an activating group) is 1. The van der Waals surface area contributed by atoms with Crippen LogP contribution in [-0.2, 0) is 14.8 Å². The number of carbonyl (C=O) groups excluding carboxylic acids is 1. The zero-order valence-corrected chi connectivity index (χ0v) is 23.2. The molecule has 2 N–H and O–H groups in total. The van der Waals surface area contributed by atoms with Crippen LogP contribution < -0.4 is 24.4 Å². The molecule has 0 unspecified atom stereocenters. The van der Waals surface area contributed by atoms with Crippen molar-refractivity contribution in [1.29, 1.82) is 5.26 Å². The number of nitrogens with one attached hydrogen (secondary N) is 2. The van der Waals surface area contributed by atoms with Gasteiger partial charge in [-0.15, -0.1) is 0 Å². The maximum Gasteiger partial charge on any atom is 0.258 e. The molecular formula is C29H29N5O5S. The van der Waals surface area contributed by atoms with Crippen LogP contribution in [0.5, 0.6) is 11.5 Å². The molecule has 0 radical (unpaired) electrons. The van der Waals surface area contributed by atoms with Gasteiger partial charge in [0.1, 0.15) is 13.2 Å². The molecule has 5 rings (SSSR count). The average molecular weight is 560 g/mol. The number of ether oxygens (including phenoxy) is 2. The van der Waals surface area contributed by atoms with E-state index in [-0.39, 0.29) is 5.91 Å². The minimum atomic E-state index is -3.49. The number of amides is 1. The summed E-state index contributed by atoms with van der Waals surface area (Å²) >= 11 is 0. The first kappa shape index (κ1) is 27.1. The summed E-state index contributed by atoms with van der Waals surface area (Å²) in [6.45, 7) is 1.76. The van der Waals surface area contributed by atoms with Crippen molar-refractivity contribution in [2.45, 2.75) is 0 Å². The maximum absolute atomic E-state index is 13.3. The zero-order valence-electron chi connectivity index (χ0n) is 22.4. The van der Waals surface area contributed by atoms with E-state index in [4.69, 9.17) is 9.47 Å². The summed E-state index contributed by atoms with van der Waals surface area (Å²) < 4.78 is 37.8. The van der Waals surface area contributed by atoms with Crippen LogP contribution in [0.15, 0.2) is 60.7 Å². The van der Waals surface area contributed by atoms with E-state index in [1.54, 1.807) is 48.5 Å². The molecule has 0 spiro atoms. The summed E-state index contributed by atoms with van der Waals surface area (Å²) in [5.74, 6) is 0.880. The van der Waals surface area contributed by atoms with Crippen molar-refractivity contribution in [3.8, 4) is 17.6 Å². The highest BCUT2D eigenvalue weighted by atomic mass is 32.2. The predicted molar refractivity (Wildman–Crippen MR) is 155 cm³/mol. The van der Waals surface area contributed by atoms with Crippen LogP contribution in [0.25, 0.3) is 11.3 Å². The highest BCUT2D eigenvalue weighted by Crippen LogP contribution is 2.40. The number of carbonyl (C=O) groups is 1. The van der Waals surface area contributed by atoms with Gasteiger partial charge >= 0.3 is 0 Å². The van der Waals surface area contributed by atoms with Crippen LogP contribution in [0, 0.1) is 11.3 Å². The van der Waals surface area contributed by atoms with E-state index in [9.17, 15) is 18.5 Å². The van der Waals surface area contributed by atoms with E-state index in [1.165, 1.54) is 10.6 Å². The second-order valence-corrected chi connectivity index (χ2v) is 11.7. The van der Waals surface area contributed by atoms with Gasteiger partial charge in [-0.05, 0) is 68.7 Å². The van der Waals surface area contributed by atoms with Crippen molar-refractivity contribution in [2.24, 2.45) is 0 Å². The molecule has 1 amide bonds. The fourth-order valence-electron chi connectivity index (χ4n) is 4.60. The van der Waals surface area contributed by atoms with E-state index in [0.717, 1.165) is 0 Å². The van der Waals surface area contributed by atoms with Crippen LogP contribution in [0.1, 0.15) is 16.7 Å². The lowest BCUT2D eigenvalue weighted by Crippen LogP contribution is -2.35. The lowest BCUT2D eigenvalue weighted by atomic mass is 9.98. The van der Waals surface area contributed by atoms with Gasteiger partial charge in [0.2, 0.25) is 10.0 Å². The van der Waals surface area contributed by atoms with Gasteiger partial charge in [0.05, 0.1) is 40.5 Å². The number of sulfonamides is 1. The Balaban J connectivity index is 1.56. The van der Waals surface area contributed by atoms with Gasteiger partial charge in [0.25, 0.3) is 5.91 Å². The molecule has 2 aliphatic heterocycles. The number of nitriles is 1. The van der Waals surface area contributed by atoms with E-state index in [0.29, 0.717) is 82.8 Å². The van der Waals surface area contributed by atoms with Crippen LogP contribution >= 0.6 is 0 Å². The molecule has 0 aromatic heterocycles. The van der Waals surface area contributed by atoms with Crippen LogP contribution in [-0.4, -0.2) is 65.9 Å². The first-order valence-corrected chi connectivity index (χ1v) is 14.5. The number of nitrogens with zero attached hydrogens (tertiary/aromatic N) is 3. The molecule has 0 aliphatic carbocycles. The van der Waals surface area contributed by atoms with Gasteiger partial charge in [-0.2, -0.15) is 5.26 Å². The quantitative estimate of drug-likeness (QED) is 0.402. The summed E-state index contributed by atoms with van der Waals surface area (Å²) in [5, 5.41) is 15.6. The molecule has 10 nitrogen and oxygen atoms in total. The Morgan fingerprint density at radius 3 is 2.40 bits per heavy atom. The summed E-state index contributed by atoms with van der Waals surface area (Å²) in [7, 11) is 0.290. The average Bonchev–Trinajstić information content (AvgIpc) is 3.25. The fraction of sp³-hybridized carbons (Fsp3) is 0.241. The third-order valence-corrected chi connectivity index (χ3v) is 7.74. The molecule has 0 atom stereocenters. The van der Waals surface area contributed by atoms with E-state index in [1.807, 2.05) is 31.1 Å². The Labute approximate surface area is 233 Å². The number of hydrogen-bond acceptors (Lipinski definition) is 8. The molecule has 0 fully saturated rings. The van der Waals surface area contributed by atoms with E-state index < -0.39 is 10.0 Å². The summed E-state index contributed by atoms with van der Waals surface area (Å²) in [6, 6.07) is 19.6. The number of benzene rings is 3. The van der Waals surface area contributed by atoms with Crippen LogP contribution in [0.3, 0.4) is 0 Å². The first-order valence-electron chi connectivity index (χ1n) is 12.6. The van der Waals surface area contributed by atoms with Gasteiger partial charge in [-0.1, -0.05) is 6.07 Å². The Morgan fingerprint density at radius 1 is 1.00 bits per heavy atom. The molecule has 206 valence electrons. The lowest BCUT2D eigenvalue weighted by Gasteiger charge is -2.24. The van der Waals surface area contributed by atoms with Gasteiger partial charge in [-0.25, -0.2) is 8.42 Å². The summed E-state index contributed by atoms with van der Waals surface area (Å²) in [6.07, 6.45) is 1.19. The fourth-order valence-corrected chi connectivity index (χ4v) is 5.52. The molecule has 2 heterocycles. The second-order valence-electron chi connectivity index (χ2n) is 9.75. The third-order valence-electron chi connectivity index (χ3n) is 6.55. The van der Waals surface area contributed by atoms with Crippen LogP contribution in [0.2, 0.25) is 0 Å². The lowest BCUT2D eigenvalue weighted by molar-refractivity contribution is -0.110. The minimum Gasteiger partial charge on any atom is -0.486 e. The monoisotopic (exact) mass is 559 g/mol. The highest BCUT2D eigenvalue weighted by molar-refractivity contribution is 7.92. The number of rotatable bonds is 8. The third kappa shape index (κ3) is 5.59. The Morgan fingerprint density at radius 2 is 1.73 bits per heavy atom. The normalized spacial score (nSPS) is 15.2. The highest BCUT2D eigenvalue weighted by Gasteiger charge is 2.29. The van der Waals surface area contributed by atoms with Crippen molar-refractivity contribution in [3.05, 3.63) is 77.4 Å². The molecule has 11 heteroatoms. The van der Waals surface area contributed by atoms with E-state index >= 15 is 0 Å². The van der Waals surface area contributed by atoms with Crippen molar-refractivity contribution in [3.63, 3.8) is 0 Å². The minimum absolute atomic E-state index is 0.312. The SMILES string of the molecule is CN(C)CCN(c1ccc(N/C(=C2\C(=O)Nc3cc(C#N)ccc32)c2ccc3c(c2)OCCO3)cc1)S(C)(=O)=O. The topological polar surface area (TPSA) is 124 Å². The summed E-state index contributed by atoms with van der Waals surface area (Å²) in [5.41, 5.74) is 4.46. The molecular weight excluding hydrogens is 530 g/mol. The Kier molecular flexibility index (Phi) is 7.38. The number of hydrogen-bond donors (Lipinski definition) is 2.